The molecule has 0 bridgehead atoms. The van der Waals surface area contributed by atoms with E-state index in [0.717, 1.165) is 10.0 Å². The number of hydrogen-bond donors (Lipinski definition) is 1. The molecule has 1 fully saturated rings. The lowest BCUT2D eigenvalue weighted by Gasteiger charge is -2.26. The molecule has 1 saturated heterocycles. The minimum atomic E-state index is -3.76. The molecule has 6 nitrogen and oxygen atoms in total. The Labute approximate surface area is 177 Å². The largest absolute Gasteiger partial charge is 0.379 e. The first-order chi connectivity index (χ1) is 13.4. The zero-order chi connectivity index (χ0) is 20.1. The summed E-state index contributed by atoms with van der Waals surface area (Å²) in [5.74, 6) is -0.378. The molecule has 0 aliphatic carbocycles. The summed E-state index contributed by atoms with van der Waals surface area (Å²) < 4.78 is 33.1. The molecule has 9 heteroatoms. The molecule has 148 valence electrons. The Hall–Kier alpha value is -1.71. The van der Waals surface area contributed by atoms with Crippen molar-refractivity contribution in [2.24, 2.45) is 0 Å². The maximum atomic E-state index is 12.8. The Bertz CT molecular complexity index is 1000. The topological polar surface area (TPSA) is 75.7 Å². The van der Waals surface area contributed by atoms with Gasteiger partial charge in [0.1, 0.15) is 4.90 Å². The molecular formula is C19H18BrClN2O4S. The zero-order valence-corrected chi connectivity index (χ0v) is 17.9. The second-order valence-corrected chi connectivity index (χ2v) is 9.27. The van der Waals surface area contributed by atoms with Crippen molar-refractivity contribution in [3.63, 3.8) is 0 Å². The average molecular weight is 486 g/mol. The van der Waals surface area contributed by atoms with Gasteiger partial charge in [-0.1, -0.05) is 39.7 Å². The van der Waals surface area contributed by atoms with Crippen molar-refractivity contribution in [2.45, 2.75) is 4.90 Å². The monoisotopic (exact) mass is 484 g/mol. The number of morpholine rings is 1. The van der Waals surface area contributed by atoms with Gasteiger partial charge in [-0.3, -0.25) is 4.79 Å². The molecule has 0 saturated carbocycles. The van der Waals surface area contributed by atoms with Crippen LogP contribution in [0.4, 0.5) is 5.69 Å². The zero-order valence-electron chi connectivity index (χ0n) is 14.8. The Morgan fingerprint density at radius 3 is 2.64 bits per heavy atom. The van der Waals surface area contributed by atoms with E-state index in [1.165, 1.54) is 22.5 Å². The van der Waals surface area contributed by atoms with Gasteiger partial charge in [0.15, 0.2) is 0 Å². The Kier molecular flexibility index (Phi) is 6.90. The smallest absolute Gasteiger partial charge is 0.248 e. The van der Waals surface area contributed by atoms with E-state index in [2.05, 4.69) is 21.2 Å². The molecule has 0 radical (unpaired) electrons. The molecule has 2 aromatic rings. The lowest BCUT2D eigenvalue weighted by Crippen LogP contribution is -2.40. The van der Waals surface area contributed by atoms with Gasteiger partial charge in [0.25, 0.3) is 0 Å². The third kappa shape index (κ3) is 5.21. The van der Waals surface area contributed by atoms with Crippen molar-refractivity contribution in [3.05, 3.63) is 63.6 Å². The van der Waals surface area contributed by atoms with E-state index < -0.39 is 10.0 Å². The second-order valence-electron chi connectivity index (χ2n) is 6.04. The highest BCUT2D eigenvalue weighted by atomic mass is 79.9. The number of rotatable bonds is 5. The van der Waals surface area contributed by atoms with Crippen molar-refractivity contribution in [3.8, 4) is 0 Å². The summed E-state index contributed by atoms with van der Waals surface area (Å²) >= 11 is 9.50. The number of hydrogen-bond acceptors (Lipinski definition) is 4. The van der Waals surface area contributed by atoms with Gasteiger partial charge in [-0.25, -0.2) is 8.42 Å². The molecule has 0 aromatic heterocycles. The lowest BCUT2D eigenvalue weighted by atomic mass is 10.2. The van der Waals surface area contributed by atoms with Crippen molar-refractivity contribution in [1.29, 1.82) is 0 Å². The number of halogens is 2. The fraction of sp³-hybridized carbons (Fsp3) is 0.211. The third-order valence-corrected chi connectivity index (χ3v) is 6.94. The number of sulfonamides is 1. The molecule has 2 aromatic carbocycles. The number of carbonyl (C=O) groups is 1. The van der Waals surface area contributed by atoms with E-state index in [4.69, 9.17) is 16.3 Å². The standard InChI is InChI=1S/C19H18BrClN2O4S/c20-15-3-1-2-14(12-15)4-7-19(24)22-16-5-6-17(21)18(13-16)28(25,26)23-8-10-27-11-9-23/h1-7,12-13H,8-11H2,(H,22,24). The van der Waals surface area contributed by atoms with Crippen LogP contribution in [0.15, 0.2) is 57.9 Å². The first-order valence-electron chi connectivity index (χ1n) is 8.48. The fourth-order valence-corrected chi connectivity index (χ4v) is 5.00. The fourth-order valence-electron chi connectivity index (χ4n) is 2.67. The van der Waals surface area contributed by atoms with Crippen LogP contribution >= 0.6 is 27.5 Å². The van der Waals surface area contributed by atoms with Gasteiger partial charge in [-0.05, 0) is 42.0 Å². The molecule has 28 heavy (non-hydrogen) atoms. The van der Waals surface area contributed by atoms with E-state index in [1.54, 1.807) is 12.1 Å². The van der Waals surface area contributed by atoms with Crippen LogP contribution in [0.5, 0.6) is 0 Å². The number of ether oxygens (including phenoxy) is 1. The SMILES string of the molecule is O=C(C=Cc1cccc(Br)c1)Nc1ccc(Cl)c(S(=O)(=O)N2CCOCC2)c1. The molecular weight excluding hydrogens is 468 g/mol. The van der Waals surface area contributed by atoms with Crippen LogP contribution in [0, 0.1) is 0 Å². The van der Waals surface area contributed by atoms with Gasteiger partial charge >= 0.3 is 0 Å². The van der Waals surface area contributed by atoms with Crippen LogP contribution in [-0.4, -0.2) is 44.9 Å². The van der Waals surface area contributed by atoms with Crippen LogP contribution in [0.2, 0.25) is 5.02 Å². The number of nitrogens with one attached hydrogen (secondary N) is 1. The average Bonchev–Trinajstić information content (AvgIpc) is 2.68. The van der Waals surface area contributed by atoms with Crippen molar-refractivity contribution in [2.75, 3.05) is 31.6 Å². The summed E-state index contributed by atoms with van der Waals surface area (Å²) in [5, 5.41) is 2.77. The lowest BCUT2D eigenvalue weighted by molar-refractivity contribution is -0.111. The number of nitrogens with zero attached hydrogens (tertiary/aromatic N) is 1. The van der Waals surface area contributed by atoms with E-state index in [-0.39, 0.29) is 28.9 Å². The highest BCUT2D eigenvalue weighted by Gasteiger charge is 2.28. The van der Waals surface area contributed by atoms with Gasteiger partial charge in [0, 0.05) is 29.3 Å². The van der Waals surface area contributed by atoms with Crippen molar-refractivity contribution in [1.82, 2.24) is 4.31 Å². The summed E-state index contributed by atoms with van der Waals surface area (Å²) in [6.07, 6.45) is 3.05. The van der Waals surface area contributed by atoms with Crippen LogP contribution < -0.4 is 5.32 Å². The highest BCUT2D eigenvalue weighted by Crippen LogP contribution is 2.28. The number of carbonyl (C=O) groups excluding carboxylic acids is 1. The quantitative estimate of drug-likeness (QED) is 0.654. The number of anilines is 1. The summed E-state index contributed by atoms with van der Waals surface area (Å²) in [7, 11) is -3.76. The van der Waals surface area contributed by atoms with E-state index >= 15 is 0 Å². The van der Waals surface area contributed by atoms with Gasteiger partial charge in [0.2, 0.25) is 15.9 Å². The normalized spacial score (nSPS) is 15.6. The minimum Gasteiger partial charge on any atom is -0.379 e. The summed E-state index contributed by atoms with van der Waals surface area (Å²) in [4.78, 5) is 12.2. The van der Waals surface area contributed by atoms with Gasteiger partial charge < -0.3 is 10.1 Å². The maximum Gasteiger partial charge on any atom is 0.248 e. The Balaban J connectivity index is 1.76. The molecule has 1 amide bonds. The number of amides is 1. The van der Waals surface area contributed by atoms with Crippen LogP contribution in [0.3, 0.4) is 0 Å². The van der Waals surface area contributed by atoms with Gasteiger partial charge in [-0.15, -0.1) is 0 Å². The van der Waals surface area contributed by atoms with E-state index in [0.29, 0.717) is 18.9 Å². The molecule has 1 N–H and O–H groups in total. The van der Waals surface area contributed by atoms with E-state index in [9.17, 15) is 13.2 Å². The van der Waals surface area contributed by atoms with Crippen molar-refractivity contribution < 1.29 is 17.9 Å². The first kappa shape index (κ1) is 21.0. The van der Waals surface area contributed by atoms with Crippen LogP contribution in [0.1, 0.15) is 5.56 Å². The summed E-state index contributed by atoms with van der Waals surface area (Å²) in [5.41, 5.74) is 1.20. The predicted molar refractivity (Wildman–Crippen MR) is 113 cm³/mol. The van der Waals surface area contributed by atoms with E-state index in [1.807, 2.05) is 24.3 Å². The Morgan fingerprint density at radius 1 is 1.18 bits per heavy atom. The summed E-state index contributed by atoms with van der Waals surface area (Å²) in [6.45, 7) is 1.22. The molecule has 1 aliphatic rings. The minimum absolute atomic E-state index is 0.0372. The molecule has 0 atom stereocenters. The third-order valence-electron chi connectivity index (χ3n) is 4.06. The Morgan fingerprint density at radius 2 is 1.93 bits per heavy atom. The van der Waals surface area contributed by atoms with Crippen LogP contribution in [-0.2, 0) is 19.6 Å². The first-order valence-corrected chi connectivity index (χ1v) is 11.1. The molecule has 1 heterocycles. The molecule has 3 rings (SSSR count). The van der Waals surface area contributed by atoms with Gasteiger partial charge in [0.05, 0.1) is 18.2 Å². The maximum absolute atomic E-state index is 12.8. The summed E-state index contributed by atoms with van der Waals surface area (Å²) in [6, 6.07) is 11.9. The molecule has 1 aliphatic heterocycles. The second kappa shape index (κ2) is 9.19. The molecule has 0 spiro atoms. The van der Waals surface area contributed by atoms with Crippen LogP contribution in [0.25, 0.3) is 6.08 Å². The van der Waals surface area contributed by atoms with Gasteiger partial charge in [-0.2, -0.15) is 4.31 Å². The highest BCUT2D eigenvalue weighted by molar-refractivity contribution is 9.10. The predicted octanol–water partition coefficient (Wildman–Crippen LogP) is 3.78. The molecule has 0 unspecified atom stereocenters. The number of benzene rings is 2. The van der Waals surface area contributed by atoms with Crippen molar-refractivity contribution >= 4 is 55.2 Å².